The van der Waals surface area contributed by atoms with E-state index in [0.29, 0.717) is 12.5 Å². The van der Waals surface area contributed by atoms with Crippen molar-refractivity contribution in [1.29, 1.82) is 0 Å². The molecule has 0 atom stereocenters. The average Bonchev–Trinajstić information content (AvgIpc) is 2.49. The van der Waals surface area contributed by atoms with Crippen molar-refractivity contribution in [3.63, 3.8) is 0 Å². The number of aliphatic imine (C=N–C) groups is 1. The second-order valence-electron chi connectivity index (χ2n) is 5.32. The van der Waals surface area contributed by atoms with Crippen LogP contribution in [0.3, 0.4) is 0 Å². The Morgan fingerprint density at radius 2 is 1.96 bits per heavy atom. The minimum absolute atomic E-state index is 0. The summed E-state index contributed by atoms with van der Waals surface area (Å²) in [7, 11) is 1.69. The van der Waals surface area contributed by atoms with Crippen molar-refractivity contribution in [2.24, 2.45) is 10.7 Å². The van der Waals surface area contributed by atoms with Gasteiger partial charge in [-0.05, 0) is 55.2 Å². The van der Waals surface area contributed by atoms with Gasteiger partial charge in [-0.25, -0.2) is 0 Å². The summed E-state index contributed by atoms with van der Waals surface area (Å²) >= 11 is 0. The number of nitrogens with one attached hydrogen (secondary N) is 1. The van der Waals surface area contributed by atoms with Crippen LogP contribution in [0.2, 0.25) is 0 Å². The summed E-state index contributed by atoms with van der Waals surface area (Å²) in [6, 6.07) is 14.2. The number of aryl methyl sites for hydroxylation is 2. The van der Waals surface area contributed by atoms with Gasteiger partial charge < -0.3 is 15.8 Å². The molecule has 3 N–H and O–H groups in total. The Bertz CT molecular complexity index is 671. The first-order valence-corrected chi connectivity index (χ1v) is 7.35. The Kier molecular flexibility index (Phi) is 7.88. The first-order chi connectivity index (χ1) is 10.6. The molecule has 124 valence electrons. The van der Waals surface area contributed by atoms with Gasteiger partial charge in [-0.1, -0.05) is 24.3 Å². The molecule has 0 radical (unpaired) electrons. The Morgan fingerprint density at radius 1 is 1.17 bits per heavy atom. The molecule has 0 amide bonds. The van der Waals surface area contributed by atoms with Crippen LogP contribution in [0.25, 0.3) is 0 Å². The van der Waals surface area contributed by atoms with Crippen LogP contribution in [0.1, 0.15) is 16.7 Å². The summed E-state index contributed by atoms with van der Waals surface area (Å²) in [5, 5.41) is 3.10. The number of ether oxygens (including phenoxy) is 1. The van der Waals surface area contributed by atoms with Gasteiger partial charge in [-0.2, -0.15) is 0 Å². The zero-order chi connectivity index (χ0) is 15.9. The molecule has 0 spiro atoms. The van der Waals surface area contributed by atoms with E-state index in [-0.39, 0.29) is 24.0 Å². The first kappa shape index (κ1) is 19.3. The Labute approximate surface area is 155 Å². The number of nitrogens with zero attached hydrogens (tertiary/aromatic N) is 1. The molecule has 5 heteroatoms. The Morgan fingerprint density at radius 3 is 2.65 bits per heavy atom. The minimum Gasteiger partial charge on any atom is -0.496 e. The van der Waals surface area contributed by atoms with Gasteiger partial charge >= 0.3 is 0 Å². The summed E-state index contributed by atoms with van der Waals surface area (Å²) in [5.41, 5.74) is 10.4. The van der Waals surface area contributed by atoms with E-state index in [1.165, 1.54) is 11.1 Å². The van der Waals surface area contributed by atoms with E-state index in [0.717, 1.165) is 23.4 Å². The predicted molar refractivity (Wildman–Crippen MR) is 108 cm³/mol. The van der Waals surface area contributed by atoms with E-state index < -0.39 is 0 Å². The summed E-state index contributed by atoms with van der Waals surface area (Å²) in [4.78, 5) is 4.36. The first-order valence-electron chi connectivity index (χ1n) is 7.35. The van der Waals surface area contributed by atoms with Crippen LogP contribution >= 0.6 is 24.0 Å². The number of guanidine groups is 1. The zero-order valence-corrected chi connectivity index (χ0v) is 16.1. The van der Waals surface area contributed by atoms with Gasteiger partial charge in [0, 0.05) is 12.2 Å². The highest BCUT2D eigenvalue weighted by atomic mass is 127. The lowest BCUT2D eigenvalue weighted by Crippen LogP contribution is -2.23. The van der Waals surface area contributed by atoms with E-state index in [2.05, 4.69) is 28.5 Å². The molecular formula is C18H24IN3O. The fourth-order valence-electron chi connectivity index (χ4n) is 2.24. The van der Waals surface area contributed by atoms with Crippen LogP contribution < -0.4 is 15.8 Å². The highest BCUT2D eigenvalue weighted by molar-refractivity contribution is 14.0. The number of anilines is 1. The molecular weight excluding hydrogens is 401 g/mol. The monoisotopic (exact) mass is 425 g/mol. The van der Waals surface area contributed by atoms with Crippen molar-refractivity contribution < 1.29 is 4.74 Å². The lowest BCUT2D eigenvalue weighted by Gasteiger charge is -2.08. The lowest BCUT2D eigenvalue weighted by molar-refractivity contribution is 0.411. The van der Waals surface area contributed by atoms with Crippen molar-refractivity contribution in [2.45, 2.75) is 20.3 Å². The SMILES string of the molecule is COc1cc(CCN=C(N)Nc2cccc(C)c2)ccc1C.I. The second-order valence-corrected chi connectivity index (χ2v) is 5.32. The van der Waals surface area contributed by atoms with Gasteiger partial charge in [0.15, 0.2) is 5.96 Å². The van der Waals surface area contributed by atoms with Gasteiger partial charge in [0.25, 0.3) is 0 Å². The third-order valence-electron chi connectivity index (χ3n) is 3.45. The second kappa shape index (κ2) is 9.39. The van der Waals surface area contributed by atoms with Gasteiger partial charge in [-0.15, -0.1) is 24.0 Å². The quantitative estimate of drug-likeness (QED) is 0.434. The highest BCUT2D eigenvalue weighted by Crippen LogP contribution is 2.19. The van der Waals surface area contributed by atoms with E-state index in [1.807, 2.05) is 38.1 Å². The molecule has 0 bridgehead atoms. The van der Waals surface area contributed by atoms with Crippen LogP contribution in [0, 0.1) is 13.8 Å². The zero-order valence-electron chi connectivity index (χ0n) is 13.8. The van der Waals surface area contributed by atoms with Gasteiger partial charge in [0.05, 0.1) is 7.11 Å². The smallest absolute Gasteiger partial charge is 0.193 e. The standard InChI is InChI=1S/C18H23N3O.HI/c1-13-5-4-6-16(11-13)21-18(19)20-10-9-15-8-7-14(2)17(12-15)22-3;/h4-8,11-12H,9-10H2,1-3H3,(H3,19,20,21);1H. The molecule has 2 rings (SSSR count). The summed E-state index contributed by atoms with van der Waals surface area (Å²) in [5.74, 6) is 1.34. The normalized spacial score (nSPS) is 10.8. The average molecular weight is 425 g/mol. The van der Waals surface area contributed by atoms with E-state index in [9.17, 15) is 0 Å². The van der Waals surface area contributed by atoms with Crippen molar-refractivity contribution in [3.05, 3.63) is 59.2 Å². The molecule has 0 aliphatic rings. The number of benzene rings is 2. The highest BCUT2D eigenvalue weighted by Gasteiger charge is 2.00. The minimum atomic E-state index is 0. The molecule has 0 aromatic heterocycles. The van der Waals surface area contributed by atoms with Crippen molar-refractivity contribution in [1.82, 2.24) is 0 Å². The molecule has 0 unspecified atom stereocenters. The maximum atomic E-state index is 5.91. The molecule has 0 saturated carbocycles. The van der Waals surface area contributed by atoms with Crippen LogP contribution in [-0.2, 0) is 6.42 Å². The Balaban J connectivity index is 0.00000264. The third-order valence-corrected chi connectivity index (χ3v) is 3.45. The van der Waals surface area contributed by atoms with Crippen LogP contribution in [0.15, 0.2) is 47.5 Å². The number of nitrogens with two attached hydrogens (primary N) is 1. The predicted octanol–water partition coefficient (Wildman–Crippen LogP) is 3.90. The van der Waals surface area contributed by atoms with E-state index >= 15 is 0 Å². The van der Waals surface area contributed by atoms with Gasteiger partial charge in [0.2, 0.25) is 0 Å². The molecule has 0 aliphatic heterocycles. The van der Waals surface area contributed by atoms with Gasteiger partial charge in [0.1, 0.15) is 5.75 Å². The summed E-state index contributed by atoms with van der Waals surface area (Å²) in [6.07, 6.45) is 0.826. The number of hydrogen-bond acceptors (Lipinski definition) is 2. The van der Waals surface area contributed by atoms with Crippen LogP contribution in [0.5, 0.6) is 5.75 Å². The fraction of sp³-hybridized carbons (Fsp3) is 0.278. The maximum Gasteiger partial charge on any atom is 0.193 e. The molecule has 0 heterocycles. The van der Waals surface area contributed by atoms with Crippen molar-refractivity contribution in [3.8, 4) is 5.75 Å². The molecule has 0 saturated heterocycles. The number of hydrogen-bond donors (Lipinski definition) is 2. The molecule has 0 aliphatic carbocycles. The number of rotatable bonds is 5. The number of halogens is 1. The van der Waals surface area contributed by atoms with Crippen LogP contribution in [0.4, 0.5) is 5.69 Å². The van der Waals surface area contributed by atoms with E-state index in [1.54, 1.807) is 7.11 Å². The fourth-order valence-corrected chi connectivity index (χ4v) is 2.24. The van der Waals surface area contributed by atoms with E-state index in [4.69, 9.17) is 10.5 Å². The molecule has 4 nitrogen and oxygen atoms in total. The largest absolute Gasteiger partial charge is 0.496 e. The third kappa shape index (κ3) is 6.09. The van der Waals surface area contributed by atoms with Crippen molar-refractivity contribution in [2.75, 3.05) is 19.0 Å². The van der Waals surface area contributed by atoms with Crippen LogP contribution in [-0.4, -0.2) is 19.6 Å². The molecule has 0 fully saturated rings. The lowest BCUT2D eigenvalue weighted by atomic mass is 10.1. The molecule has 2 aromatic carbocycles. The topological polar surface area (TPSA) is 59.6 Å². The molecule has 23 heavy (non-hydrogen) atoms. The summed E-state index contributed by atoms with van der Waals surface area (Å²) < 4.78 is 5.33. The maximum absolute atomic E-state index is 5.91. The van der Waals surface area contributed by atoms with Crippen molar-refractivity contribution >= 4 is 35.6 Å². The molecule has 2 aromatic rings. The van der Waals surface area contributed by atoms with Gasteiger partial charge in [-0.3, -0.25) is 4.99 Å². The number of methoxy groups -OCH3 is 1. The Hall–Kier alpha value is -1.76. The summed E-state index contributed by atoms with van der Waals surface area (Å²) in [6.45, 7) is 4.71.